The van der Waals surface area contributed by atoms with Gasteiger partial charge in [-0.3, -0.25) is 0 Å². The van der Waals surface area contributed by atoms with Gasteiger partial charge in [0.2, 0.25) is 10.0 Å². The summed E-state index contributed by atoms with van der Waals surface area (Å²) in [5.74, 6) is 0.329. The standard InChI is InChI=1S/C11H16N2O4S/c1-8-7-17-10-6-9(12-4-5-14)2-3-11(10)18(15,16)13-8/h2-3,6,8,12-14H,4-5,7H2,1H3/t8-/m1/s1. The van der Waals surface area contributed by atoms with E-state index in [2.05, 4.69) is 10.0 Å². The van der Waals surface area contributed by atoms with Crippen LogP contribution >= 0.6 is 0 Å². The van der Waals surface area contributed by atoms with Gasteiger partial charge in [-0.2, -0.15) is 0 Å². The topological polar surface area (TPSA) is 87.7 Å². The van der Waals surface area contributed by atoms with E-state index in [9.17, 15) is 8.42 Å². The molecule has 0 fully saturated rings. The molecule has 0 spiro atoms. The fraction of sp³-hybridized carbons (Fsp3) is 0.455. The lowest BCUT2D eigenvalue weighted by Gasteiger charge is -2.09. The van der Waals surface area contributed by atoms with E-state index in [1.165, 1.54) is 6.07 Å². The summed E-state index contributed by atoms with van der Waals surface area (Å²) in [4.78, 5) is 0.140. The normalized spacial score (nSPS) is 21.6. The maximum atomic E-state index is 12.0. The Bertz CT molecular complexity index is 530. The molecule has 0 saturated heterocycles. The minimum atomic E-state index is -3.52. The number of nitrogens with one attached hydrogen (secondary N) is 2. The third kappa shape index (κ3) is 2.74. The highest BCUT2D eigenvalue weighted by atomic mass is 32.2. The molecule has 3 N–H and O–H groups in total. The fourth-order valence-electron chi connectivity index (χ4n) is 1.73. The highest BCUT2D eigenvalue weighted by Crippen LogP contribution is 2.29. The molecule has 1 atom stereocenters. The summed E-state index contributed by atoms with van der Waals surface area (Å²) in [5, 5.41) is 11.7. The van der Waals surface area contributed by atoms with Crippen LogP contribution in [0.5, 0.6) is 5.75 Å². The number of hydrogen-bond donors (Lipinski definition) is 3. The Kier molecular flexibility index (Phi) is 3.74. The summed E-state index contributed by atoms with van der Waals surface area (Å²) in [5.41, 5.74) is 0.715. The molecule has 18 heavy (non-hydrogen) atoms. The predicted molar refractivity (Wildman–Crippen MR) is 67.3 cm³/mol. The second-order valence-corrected chi connectivity index (χ2v) is 5.83. The van der Waals surface area contributed by atoms with Gasteiger partial charge < -0.3 is 15.2 Å². The largest absolute Gasteiger partial charge is 0.490 e. The quantitative estimate of drug-likeness (QED) is 0.729. The van der Waals surface area contributed by atoms with Crippen molar-refractivity contribution < 1.29 is 18.3 Å². The number of ether oxygens (including phenoxy) is 1. The number of fused-ring (bicyclic) bond motifs is 1. The minimum Gasteiger partial charge on any atom is -0.490 e. The molecule has 0 aliphatic carbocycles. The molecule has 1 aliphatic rings. The van der Waals surface area contributed by atoms with E-state index in [-0.39, 0.29) is 24.2 Å². The number of anilines is 1. The summed E-state index contributed by atoms with van der Waals surface area (Å²) in [7, 11) is -3.52. The minimum absolute atomic E-state index is 0.00876. The van der Waals surface area contributed by atoms with Crippen LogP contribution in [0.3, 0.4) is 0 Å². The maximum absolute atomic E-state index is 12.0. The second kappa shape index (κ2) is 5.13. The number of aliphatic hydroxyl groups is 1. The molecule has 0 saturated carbocycles. The Labute approximate surface area is 106 Å². The molecule has 0 radical (unpaired) electrons. The summed E-state index contributed by atoms with van der Waals surface area (Å²) >= 11 is 0. The van der Waals surface area contributed by atoms with Crippen LogP contribution in [0, 0.1) is 0 Å². The molecule has 2 rings (SSSR count). The third-order valence-electron chi connectivity index (χ3n) is 2.52. The van der Waals surface area contributed by atoms with E-state index in [1.54, 1.807) is 19.1 Å². The molecule has 0 aromatic heterocycles. The first-order valence-electron chi connectivity index (χ1n) is 5.67. The Hall–Kier alpha value is -1.31. The Balaban J connectivity index is 2.35. The van der Waals surface area contributed by atoms with Crippen LogP contribution in [0.15, 0.2) is 23.1 Å². The molecule has 1 aromatic carbocycles. The van der Waals surface area contributed by atoms with Gasteiger partial charge in [0.05, 0.1) is 12.6 Å². The zero-order valence-electron chi connectivity index (χ0n) is 10.0. The highest BCUT2D eigenvalue weighted by molar-refractivity contribution is 7.89. The molecule has 0 amide bonds. The number of sulfonamides is 1. The van der Waals surface area contributed by atoms with Crippen LogP contribution in [0.1, 0.15) is 6.92 Å². The van der Waals surface area contributed by atoms with Gasteiger partial charge in [0, 0.05) is 18.3 Å². The van der Waals surface area contributed by atoms with Gasteiger partial charge in [-0.25, -0.2) is 13.1 Å². The van der Waals surface area contributed by atoms with Gasteiger partial charge >= 0.3 is 0 Å². The van der Waals surface area contributed by atoms with E-state index in [4.69, 9.17) is 9.84 Å². The maximum Gasteiger partial charge on any atom is 0.244 e. The average molecular weight is 272 g/mol. The lowest BCUT2D eigenvalue weighted by molar-refractivity contribution is 0.288. The van der Waals surface area contributed by atoms with Crippen molar-refractivity contribution in [3.63, 3.8) is 0 Å². The van der Waals surface area contributed by atoms with Crippen molar-refractivity contribution in [2.75, 3.05) is 25.1 Å². The Morgan fingerprint density at radius 2 is 2.33 bits per heavy atom. The monoisotopic (exact) mass is 272 g/mol. The van der Waals surface area contributed by atoms with E-state index in [0.717, 1.165) is 0 Å². The number of benzene rings is 1. The van der Waals surface area contributed by atoms with Crippen LogP contribution in [0.2, 0.25) is 0 Å². The zero-order chi connectivity index (χ0) is 13.2. The van der Waals surface area contributed by atoms with Gasteiger partial charge in [0.15, 0.2) is 0 Å². The van der Waals surface area contributed by atoms with Gasteiger partial charge in [0.25, 0.3) is 0 Å². The predicted octanol–water partition coefficient (Wildman–Crippen LogP) is 0.150. The number of hydrogen-bond acceptors (Lipinski definition) is 5. The van der Waals surface area contributed by atoms with Gasteiger partial charge in [-0.05, 0) is 19.1 Å². The summed E-state index contributed by atoms with van der Waals surface area (Å²) in [6, 6.07) is 4.50. The van der Waals surface area contributed by atoms with Crippen LogP contribution in [-0.4, -0.2) is 39.3 Å². The van der Waals surface area contributed by atoms with E-state index >= 15 is 0 Å². The van der Waals surface area contributed by atoms with E-state index in [0.29, 0.717) is 18.0 Å². The first-order chi connectivity index (χ1) is 8.53. The first kappa shape index (κ1) is 13.1. The summed E-state index contributed by atoms with van der Waals surface area (Å²) < 4.78 is 32.0. The third-order valence-corrected chi connectivity index (χ3v) is 4.15. The average Bonchev–Trinajstić information content (AvgIpc) is 2.43. The lowest BCUT2D eigenvalue weighted by atomic mass is 10.3. The van der Waals surface area contributed by atoms with Crippen molar-refractivity contribution in [1.82, 2.24) is 4.72 Å². The molecule has 1 aromatic rings. The highest BCUT2D eigenvalue weighted by Gasteiger charge is 2.26. The molecule has 7 heteroatoms. The van der Waals surface area contributed by atoms with Crippen LogP contribution in [0.25, 0.3) is 0 Å². The van der Waals surface area contributed by atoms with Gasteiger partial charge in [-0.15, -0.1) is 0 Å². The Morgan fingerprint density at radius 1 is 1.56 bits per heavy atom. The van der Waals surface area contributed by atoms with Crippen molar-refractivity contribution in [1.29, 1.82) is 0 Å². The molecule has 1 aliphatic heterocycles. The molecule has 0 bridgehead atoms. The van der Waals surface area contributed by atoms with Gasteiger partial charge in [0.1, 0.15) is 17.3 Å². The van der Waals surface area contributed by atoms with Crippen molar-refractivity contribution in [3.05, 3.63) is 18.2 Å². The zero-order valence-corrected chi connectivity index (χ0v) is 10.8. The molecular formula is C11H16N2O4S. The van der Waals surface area contributed by atoms with Crippen molar-refractivity contribution in [2.45, 2.75) is 17.9 Å². The fourth-order valence-corrected chi connectivity index (χ4v) is 3.08. The SMILES string of the molecule is C[C@@H]1COc2cc(NCCO)ccc2S(=O)(=O)N1. The van der Waals surface area contributed by atoms with Crippen LogP contribution in [-0.2, 0) is 10.0 Å². The summed E-state index contributed by atoms with van der Waals surface area (Å²) in [6.45, 7) is 2.44. The van der Waals surface area contributed by atoms with Crippen molar-refractivity contribution in [3.8, 4) is 5.75 Å². The second-order valence-electron chi connectivity index (χ2n) is 4.15. The Morgan fingerprint density at radius 3 is 3.06 bits per heavy atom. The van der Waals surface area contributed by atoms with Gasteiger partial charge in [-0.1, -0.05) is 0 Å². The number of aliphatic hydroxyl groups excluding tert-OH is 1. The summed E-state index contributed by atoms with van der Waals surface area (Å²) in [6.07, 6.45) is 0. The smallest absolute Gasteiger partial charge is 0.244 e. The molecule has 0 unspecified atom stereocenters. The van der Waals surface area contributed by atoms with E-state index in [1.807, 2.05) is 0 Å². The molecule has 100 valence electrons. The van der Waals surface area contributed by atoms with Crippen LogP contribution < -0.4 is 14.8 Å². The van der Waals surface area contributed by atoms with Crippen LogP contribution in [0.4, 0.5) is 5.69 Å². The van der Waals surface area contributed by atoms with Crippen molar-refractivity contribution >= 4 is 15.7 Å². The molecule has 1 heterocycles. The van der Waals surface area contributed by atoms with E-state index < -0.39 is 10.0 Å². The lowest BCUT2D eigenvalue weighted by Crippen LogP contribution is -2.33. The number of rotatable bonds is 3. The first-order valence-corrected chi connectivity index (χ1v) is 7.15. The molecule has 6 nitrogen and oxygen atoms in total. The molecular weight excluding hydrogens is 256 g/mol. The van der Waals surface area contributed by atoms with Crippen molar-refractivity contribution in [2.24, 2.45) is 0 Å².